The van der Waals surface area contributed by atoms with Crippen LogP contribution < -0.4 is 5.56 Å². The Morgan fingerprint density at radius 1 is 1.50 bits per heavy atom. The molecule has 0 bridgehead atoms. The van der Waals surface area contributed by atoms with Crippen molar-refractivity contribution in [3.05, 3.63) is 21.7 Å². The molecule has 0 radical (unpaired) electrons. The van der Waals surface area contributed by atoms with E-state index in [-0.39, 0.29) is 11.6 Å². The Balaban J connectivity index is 2.81. The number of aryl methyl sites for hydroxylation is 1. The summed E-state index contributed by atoms with van der Waals surface area (Å²) in [5.41, 5.74) is 0.574. The van der Waals surface area contributed by atoms with Crippen LogP contribution in [0.1, 0.15) is 24.9 Å². The molecule has 0 saturated heterocycles. The molecule has 0 aliphatic heterocycles. The summed E-state index contributed by atoms with van der Waals surface area (Å²) in [7, 11) is 0. The zero-order chi connectivity index (χ0) is 10.3. The lowest BCUT2D eigenvalue weighted by molar-refractivity contribution is 0.573. The first-order valence-corrected chi connectivity index (χ1v) is 5.25. The maximum absolute atomic E-state index is 11.9. The first-order chi connectivity index (χ1) is 6.59. The van der Waals surface area contributed by atoms with Crippen LogP contribution in [0.4, 0.5) is 0 Å². The summed E-state index contributed by atoms with van der Waals surface area (Å²) < 4.78 is 2.28. The number of aromatic nitrogens is 3. The summed E-state index contributed by atoms with van der Waals surface area (Å²) in [5.74, 6) is 0. The second kappa shape index (κ2) is 3.16. The molecule has 0 saturated carbocycles. The SMILES string of the molecule is Cc1nc2ncn(C(C)C)c(=O)c2s1. The van der Waals surface area contributed by atoms with Crippen molar-refractivity contribution < 1.29 is 0 Å². The van der Waals surface area contributed by atoms with Crippen LogP contribution in [0.2, 0.25) is 0 Å². The monoisotopic (exact) mass is 209 g/mol. The van der Waals surface area contributed by atoms with Crippen molar-refractivity contribution in [2.24, 2.45) is 0 Å². The molecule has 2 rings (SSSR count). The Kier molecular flexibility index (Phi) is 2.11. The van der Waals surface area contributed by atoms with Gasteiger partial charge < -0.3 is 0 Å². The van der Waals surface area contributed by atoms with Crippen molar-refractivity contribution >= 4 is 21.7 Å². The average molecular weight is 209 g/mol. The fourth-order valence-electron chi connectivity index (χ4n) is 1.30. The van der Waals surface area contributed by atoms with E-state index in [0.29, 0.717) is 10.3 Å². The van der Waals surface area contributed by atoms with E-state index in [1.807, 2.05) is 20.8 Å². The molecule has 0 N–H and O–H groups in total. The number of hydrogen-bond acceptors (Lipinski definition) is 4. The van der Waals surface area contributed by atoms with Gasteiger partial charge in [0.25, 0.3) is 5.56 Å². The zero-order valence-corrected chi connectivity index (χ0v) is 9.13. The quantitative estimate of drug-likeness (QED) is 0.718. The van der Waals surface area contributed by atoms with Gasteiger partial charge in [-0.25, -0.2) is 9.97 Å². The molecule has 2 aromatic rings. The van der Waals surface area contributed by atoms with E-state index in [0.717, 1.165) is 5.01 Å². The topological polar surface area (TPSA) is 47.8 Å². The fraction of sp³-hybridized carbons (Fsp3) is 0.444. The fourth-order valence-corrected chi connectivity index (χ4v) is 2.11. The highest BCUT2D eigenvalue weighted by Gasteiger charge is 2.09. The van der Waals surface area contributed by atoms with Crippen molar-refractivity contribution in [3.63, 3.8) is 0 Å². The van der Waals surface area contributed by atoms with Gasteiger partial charge in [0.2, 0.25) is 0 Å². The second-order valence-corrected chi connectivity index (χ2v) is 4.64. The van der Waals surface area contributed by atoms with E-state index >= 15 is 0 Å². The van der Waals surface area contributed by atoms with Crippen LogP contribution in [0.15, 0.2) is 11.1 Å². The summed E-state index contributed by atoms with van der Waals surface area (Å²) in [6.07, 6.45) is 1.56. The standard InChI is InChI=1S/C9H11N3OS/c1-5(2)12-4-10-8-7(9(12)13)14-6(3)11-8/h4-5H,1-3H3. The Labute approximate surface area is 85.2 Å². The van der Waals surface area contributed by atoms with Gasteiger partial charge >= 0.3 is 0 Å². The number of nitrogens with zero attached hydrogens (tertiary/aromatic N) is 3. The molecule has 0 atom stereocenters. The smallest absolute Gasteiger partial charge is 0.273 e. The van der Waals surface area contributed by atoms with E-state index < -0.39 is 0 Å². The molecule has 0 aliphatic carbocycles. The summed E-state index contributed by atoms with van der Waals surface area (Å²) in [6.45, 7) is 5.80. The number of hydrogen-bond donors (Lipinski definition) is 0. The second-order valence-electron chi connectivity index (χ2n) is 3.44. The van der Waals surface area contributed by atoms with Gasteiger partial charge in [-0.3, -0.25) is 9.36 Å². The molecule has 2 aromatic heterocycles. The lowest BCUT2D eigenvalue weighted by Crippen LogP contribution is -2.21. The van der Waals surface area contributed by atoms with Gasteiger partial charge in [0.1, 0.15) is 11.0 Å². The van der Waals surface area contributed by atoms with E-state index in [4.69, 9.17) is 0 Å². The maximum Gasteiger partial charge on any atom is 0.273 e. The third kappa shape index (κ3) is 1.33. The molecular formula is C9H11N3OS. The molecule has 0 fully saturated rings. The van der Waals surface area contributed by atoms with Crippen molar-refractivity contribution in [1.82, 2.24) is 14.5 Å². The Morgan fingerprint density at radius 3 is 2.86 bits per heavy atom. The molecule has 5 heteroatoms. The maximum atomic E-state index is 11.9. The van der Waals surface area contributed by atoms with E-state index in [1.165, 1.54) is 11.3 Å². The first kappa shape index (κ1) is 9.33. The molecule has 2 heterocycles. The third-order valence-electron chi connectivity index (χ3n) is 2.01. The first-order valence-electron chi connectivity index (χ1n) is 4.44. The lowest BCUT2D eigenvalue weighted by atomic mass is 10.4. The van der Waals surface area contributed by atoms with Gasteiger partial charge in [-0.15, -0.1) is 11.3 Å². The van der Waals surface area contributed by atoms with Gasteiger partial charge in [-0.1, -0.05) is 0 Å². The summed E-state index contributed by atoms with van der Waals surface area (Å²) >= 11 is 1.40. The third-order valence-corrected chi connectivity index (χ3v) is 2.95. The number of thiazole rings is 1. The molecule has 74 valence electrons. The molecule has 0 aliphatic rings. The van der Waals surface area contributed by atoms with Crippen molar-refractivity contribution in [3.8, 4) is 0 Å². The van der Waals surface area contributed by atoms with Crippen LogP contribution in [0, 0.1) is 6.92 Å². The molecule has 14 heavy (non-hydrogen) atoms. The normalized spacial score (nSPS) is 11.4. The molecule has 0 spiro atoms. The van der Waals surface area contributed by atoms with Crippen LogP contribution in [-0.4, -0.2) is 14.5 Å². The molecule has 4 nitrogen and oxygen atoms in total. The van der Waals surface area contributed by atoms with Gasteiger partial charge in [0.15, 0.2) is 5.65 Å². The van der Waals surface area contributed by atoms with Gasteiger partial charge in [0, 0.05) is 6.04 Å². The largest absolute Gasteiger partial charge is 0.295 e. The lowest BCUT2D eigenvalue weighted by Gasteiger charge is -2.07. The van der Waals surface area contributed by atoms with E-state index in [2.05, 4.69) is 9.97 Å². The summed E-state index contributed by atoms with van der Waals surface area (Å²) in [6, 6.07) is 0.141. The minimum atomic E-state index is 0.00981. The van der Waals surface area contributed by atoms with Crippen molar-refractivity contribution in [1.29, 1.82) is 0 Å². The minimum absolute atomic E-state index is 0.00981. The Hall–Kier alpha value is -1.23. The van der Waals surface area contributed by atoms with Crippen LogP contribution in [0.25, 0.3) is 10.3 Å². The van der Waals surface area contributed by atoms with Gasteiger partial charge in [0.05, 0.1) is 5.01 Å². The molecule has 0 unspecified atom stereocenters. The van der Waals surface area contributed by atoms with Crippen molar-refractivity contribution in [2.45, 2.75) is 26.8 Å². The van der Waals surface area contributed by atoms with Crippen molar-refractivity contribution in [2.75, 3.05) is 0 Å². The van der Waals surface area contributed by atoms with Crippen LogP contribution in [-0.2, 0) is 0 Å². The van der Waals surface area contributed by atoms with E-state index in [1.54, 1.807) is 10.9 Å². The summed E-state index contributed by atoms with van der Waals surface area (Å²) in [5, 5.41) is 0.881. The van der Waals surface area contributed by atoms with Crippen LogP contribution in [0.5, 0.6) is 0 Å². The highest BCUT2D eigenvalue weighted by molar-refractivity contribution is 7.18. The molecule has 0 aromatic carbocycles. The highest BCUT2D eigenvalue weighted by atomic mass is 32.1. The van der Waals surface area contributed by atoms with Crippen LogP contribution >= 0.6 is 11.3 Å². The Morgan fingerprint density at radius 2 is 2.21 bits per heavy atom. The Bertz CT molecular complexity index is 526. The molecule has 0 amide bonds. The summed E-state index contributed by atoms with van der Waals surface area (Å²) in [4.78, 5) is 20.2. The number of fused-ring (bicyclic) bond motifs is 1. The predicted octanol–water partition coefficient (Wildman–Crippen LogP) is 1.74. The van der Waals surface area contributed by atoms with Gasteiger partial charge in [-0.2, -0.15) is 0 Å². The predicted molar refractivity (Wildman–Crippen MR) is 56.8 cm³/mol. The van der Waals surface area contributed by atoms with E-state index in [9.17, 15) is 4.79 Å². The zero-order valence-electron chi connectivity index (χ0n) is 8.31. The van der Waals surface area contributed by atoms with Gasteiger partial charge in [-0.05, 0) is 20.8 Å². The minimum Gasteiger partial charge on any atom is -0.295 e. The highest BCUT2D eigenvalue weighted by Crippen LogP contribution is 2.15. The van der Waals surface area contributed by atoms with Crippen LogP contribution in [0.3, 0.4) is 0 Å². The molecular weight excluding hydrogens is 198 g/mol. The number of rotatable bonds is 1. The average Bonchev–Trinajstić information content (AvgIpc) is 2.46.